The topological polar surface area (TPSA) is 58.9 Å². The van der Waals surface area contributed by atoms with E-state index in [0.29, 0.717) is 6.42 Å². The molecule has 0 aromatic rings. The normalized spacial score (nSPS) is 13.4. The van der Waals surface area contributed by atoms with Crippen molar-refractivity contribution in [3.05, 3.63) is 0 Å². The Hall–Kier alpha value is -1.06. The van der Waals surface area contributed by atoms with Gasteiger partial charge in [-0.15, -0.1) is 5.16 Å². The second kappa shape index (κ2) is 7.35. The average molecular weight is 201 g/mol. The predicted octanol–water partition coefficient (Wildman–Crippen LogP) is 2.20. The van der Waals surface area contributed by atoms with Crippen molar-refractivity contribution < 1.29 is 14.7 Å². The Balaban J connectivity index is 4.11. The number of hydrogen-bond donors (Lipinski definition) is 1. The van der Waals surface area contributed by atoms with E-state index in [1.807, 2.05) is 6.92 Å². The van der Waals surface area contributed by atoms with Gasteiger partial charge in [0, 0.05) is 0 Å². The molecule has 0 bridgehead atoms. The van der Waals surface area contributed by atoms with Crippen molar-refractivity contribution in [1.82, 2.24) is 0 Å². The van der Waals surface area contributed by atoms with Crippen LogP contribution in [0.5, 0.6) is 0 Å². The second-order valence-electron chi connectivity index (χ2n) is 3.50. The van der Waals surface area contributed by atoms with Crippen LogP contribution in [0.4, 0.5) is 0 Å². The molecule has 0 saturated heterocycles. The number of hydrogen-bond acceptors (Lipinski definition) is 4. The monoisotopic (exact) mass is 201 g/mol. The lowest BCUT2D eigenvalue weighted by Gasteiger charge is -2.13. The zero-order valence-electron chi connectivity index (χ0n) is 9.06. The van der Waals surface area contributed by atoms with Gasteiger partial charge in [0.25, 0.3) is 0 Å². The van der Waals surface area contributed by atoms with Crippen LogP contribution in [0.25, 0.3) is 0 Å². The van der Waals surface area contributed by atoms with Gasteiger partial charge in [0.1, 0.15) is 0 Å². The molecular weight excluding hydrogens is 182 g/mol. The fourth-order valence-electron chi connectivity index (χ4n) is 1.08. The van der Waals surface area contributed by atoms with Crippen molar-refractivity contribution in [2.45, 2.75) is 46.1 Å². The van der Waals surface area contributed by atoms with Gasteiger partial charge in [-0.1, -0.05) is 19.8 Å². The third kappa shape index (κ3) is 5.56. The van der Waals surface area contributed by atoms with E-state index in [1.165, 1.54) is 6.21 Å². The van der Waals surface area contributed by atoms with Gasteiger partial charge in [-0.05, 0) is 20.3 Å². The second-order valence-corrected chi connectivity index (χ2v) is 3.50. The van der Waals surface area contributed by atoms with Crippen LogP contribution in [-0.2, 0) is 9.53 Å². The first-order valence-electron chi connectivity index (χ1n) is 4.99. The van der Waals surface area contributed by atoms with E-state index in [0.717, 1.165) is 12.8 Å². The summed E-state index contributed by atoms with van der Waals surface area (Å²) in [6.07, 6.45) is 3.71. The summed E-state index contributed by atoms with van der Waals surface area (Å²) in [7, 11) is 0. The molecule has 0 fully saturated rings. The summed E-state index contributed by atoms with van der Waals surface area (Å²) in [4.78, 5) is 11.4. The molecule has 1 N–H and O–H groups in total. The Morgan fingerprint density at radius 1 is 1.57 bits per heavy atom. The molecule has 0 radical (unpaired) electrons. The Labute approximate surface area is 84.9 Å². The van der Waals surface area contributed by atoms with Crippen LogP contribution >= 0.6 is 0 Å². The maximum absolute atomic E-state index is 11.4. The minimum Gasteiger partial charge on any atom is -0.462 e. The van der Waals surface area contributed by atoms with Gasteiger partial charge in [-0.25, -0.2) is 0 Å². The van der Waals surface area contributed by atoms with Crippen molar-refractivity contribution in [2.24, 2.45) is 11.1 Å². The van der Waals surface area contributed by atoms with E-state index in [2.05, 4.69) is 5.16 Å². The van der Waals surface area contributed by atoms with Gasteiger partial charge >= 0.3 is 5.97 Å². The van der Waals surface area contributed by atoms with Gasteiger partial charge in [0.15, 0.2) is 0 Å². The van der Waals surface area contributed by atoms with E-state index in [9.17, 15) is 4.79 Å². The van der Waals surface area contributed by atoms with E-state index < -0.39 is 5.92 Å². The number of carbonyl (C=O) groups excluding carboxylic acids is 1. The van der Waals surface area contributed by atoms with E-state index in [1.54, 1.807) is 13.8 Å². The highest BCUT2D eigenvalue weighted by molar-refractivity contribution is 5.89. The number of nitrogens with zero attached hydrogens (tertiary/aromatic N) is 1. The Morgan fingerprint density at radius 2 is 2.21 bits per heavy atom. The fraction of sp³-hybridized carbons (Fsp3) is 0.800. The molecule has 0 spiro atoms. The molecule has 0 aromatic heterocycles. The lowest BCUT2D eigenvalue weighted by atomic mass is 10.0. The molecule has 0 heterocycles. The fourth-order valence-corrected chi connectivity index (χ4v) is 1.08. The number of esters is 1. The third-order valence-electron chi connectivity index (χ3n) is 1.77. The summed E-state index contributed by atoms with van der Waals surface area (Å²) in [6, 6.07) is 0. The molecule has 4 heteroatoms. The standard InChI is InChI=1S/C10H19NO3/c1-4-5-6-9(7-11-13)10(12)14-8(2)3/h7-9,13H,4-6H2,1-3H3/b11-7-. The quantitative estimate of drug-likeness (QED) is 0.310. The molecule has 14 heavy (non-hydrogen) atoms. The smallest absolute Gasteiger partial charge is 0.314 e. The molecule has 0 aliphatic carbocycles. The number of carbonyl (C=O) groups is 1. The van der Waals surface area contributed by atoms with Crippen LogP contribution in [-0.4, -0.2) is 23.5 Å². The van der Waals surface area contributed by atoms with Crippen molar-refractivity contribution in [2.75, 3.05) is 0 Å². The zero-order valence-corrected chi connectivity index (χ0v) is 9.06. The largest absolute Gasteiger partial charge is 0.462 e. The van der Waals surface area contributed by atoms with E-state index >= 15 is 0 Å². The molecule has 0 aliphatic heterocycles. The minimum atomic E-state index is -0.414. The lowest BCUT2D eigenvalue weighted by molar-refractivity contribution is -0.150. The molecule has 0 amide bonds. The number of ether oxygens (including phenoxy) is 1. The Kier molecular flexibility index (Phi) is 6.80. The van der Waals surface area contributed by atoms with Crippen molar-refractivity contribution >= 4 is 12.2 Å². The average Bonchev–Trinajstić information content (AvgIpc) is 2.10. The number of rotatable bonds is 6. The first kappa shape index (κ1) is 12.9. The van der Waals surface area contributed by atoms with Gasteiger partial charge in [-0.2, -0.15) is 0 Å². The van der Waals surface area contributed by atoms with E-state index in [4.69, 9.17) is 9.94 Å². The molecule has 0 aliphatic rings. The first-order valence-corrected chi connectivity index (χ1v) is 4.99. The molecule has 82 valence electrons. The summed E-state index contributed by atoms with van der Waals surface area (Å²) in [6.45, 7) is 5.64. The van der Waals surface area contributed by atoms with Crippen molar-refractivity contribution in [3.8, 4) is 0 Å². The summed E-state index contributed by atoms with van der Waals surface area (Å²) in [5.74, 6) is -0.728. The molecule has 1 atom stereocenters. The van der Waals surface area contributed by atoms with Crippen LogP contribution < -0.4 is 0 Å². The molecule has 0 aromatic carbocycles. The minimum absolute atomic E-state index is 0.126. The van der Waals surface area contributed by atoms with Gasteiger partial charge in [-0.3, -0.25) is 4.79 Å². The van der Waals surface area contributed by atoms with Crippen LogP contribution in [0.3, 0.4) is 0 Å². The molecule has 1 unspecified atom stereocenters. The molecular formula is C10H19NO3. The van der Waals surface area contributed by atoms with Gasteiger partial charge < -0.3 is 9.94 Å². The predicted molar refractivity (Wildman–Crippen MR) is 54.5 cm³/mol. The van der Waals surface area contributed by atoms with Gasteiger partial charge in [0.05, 0.1) is 18.2 Å². The SMILES string of the molecule is CCCCC(/C=N\O)C(=O)OC(C)C. The summed E-state index contributed by atoms with van der Waals surface area (Å²) < 4.78 is 5.02. The summed E-state index contributed by atoms with van der Waals surface area (Å²) in [5, 5.41) is 11.3. The highest BCUT2D eigenvalue weighted by Gasteiger charge is 2.18. The maximum Gasteiger partial charge on any atom is 0.314 e. The molecule has 0 rings (SSSR count). The Bertz CT molecular complexity index is 190. The van der Waals surface area contributed by atoms with Crippen molar-refractivity contribution in [3.63, 3.8) is 0 Å². The van der Waals surface area contributed by atoms with Gasteiger partial charge in [0.2, 0.25) is 0 Å². The maximum atomic E-state index is 11.4. The van der Waals surface area contributed by atoms with Crippen LogP contribution in [0.15, 0.2) is 5.16 Å². The van der Waals surface area contributed by atoms with Crippen LogP contribution in [0.1, 0.15) is 40.0 Å². The van der Waals surface area contributed by atoms with Crippen LogP contribution in [0.2, 0.25) is 0 Å². The lowest BCUT2D eigenvalue weighted by Crippen LogP contribution is -2.22. The van der Waals surface area contributed by atoms with Crippen molar-refractivity contribution in [1.29, 1.82) is 0 Å². The molecule has 4 nitrogen and oxygen atoms in total. The molecule has 0 saturated carbocycles. The highest BCUT2D eigenvalue weighted by Crippen LogP contribution is 2.09. The van der Waals surface area contributed by atoms with E-state index in [-0.39, 0.29) is 12.1 Å². The number of unbranched alkanes of at least 4 members (excludes halogenated alkanes) is 1. The first-order chi connectivity index (χ1) is 6.61. The summed E-state index contributed by atoms with van der Waals surface area (Å²) >= 11 is 0. The zero-order chi connectivity index (χ0) is 11.0. The Morgan fingerprint density at radius 3 is 2.64 bits per heavy atom. The summed E-state index contributed by atoms with van der Waals surface area (Å²) in [5.41, 5.74) is 0. The number of oxime groups is 1. The third-order valence-corrected chi connectivity index (χ3v) is 1.77. The van der Waals surface area contributed by atoms with Crippen LogP contribution in [0, 0.1) is 5.92 Å². The highest BCUT2D eigenvalue weighted by atomic mass is 16.5.